The second-order valence-corrected chi connectivity index (χ2v) is 4.91. The standard InChI is InChI=1S/C13H15ClN2O2/c1-8(2)11(17)7-12-15-13(16-18-12)9-5-3-4-6-10(9)14/h3-6,8,11,17H,7H2,1-2H3. The minimum Gasteiger partial charge on any atom is -0.392 e. The Balaban J connectivity index is 2.18. The van der Waals surface area contributed by atoms with Crippen molar-refractivity contribution in [3.8, 4) is 11.4 Å². The molecule has 5 heteroatoms. The number of aromatic nitrogens is 2. The van der Waals surface area contributed by atoms with E-state index in [4.69, 9.17) is 16.1 Å². The van der Waals surface area contributed by atoms with Crippen LogP contribution in [-0.4, -0.2) is 21.4 Å². The summed E-state index contributed by atoms with van der Waals surface area (Å²) in [5.41, 5.74) is 0.730. The average Bonchev–Trinajstić information content (AvgIpc) is 2.77. The van der Waals surface area contributed by atoms with E-state index in [0.717, 1.165) is 5.56 Å². The lowest BCUT2D eigenvalue weighted by Crippen LogP contribution is -2.17. The highest BCUT2D eigenvalue weighted by Crippen LogP contribution is 2.25. The third kappa shape index (κ3) is 2.89. The smallest absolute Gasteiger partial charge is 0.229 e. The summed E-state index contributed by atoms with van der Waals surface area (Å²) >= 11 is 6.05. The molecule has 1 aromatic carbocycles. The van der Waals surface area contributed by atoms with Gasteiger partial charge >= 0.3 is 0 Å². The summed E-state index contributed by atoms with van der Waals surface area (Å²) in [6.45, 7) is 3.88. The Labute approximate surface area is 111 Å². The monoisotopic (exact) mass is 266 g/mol. The SMILES string of the molecule is CC(C)C(O)Cc1nc(-c2ccccc2Cl)no1. The van der Waals surface area contributed by atoms with Gasteiger partial charge in [0.2, 0.25) is 11.7 Å². The van der Waals surface area contributed by atoms with E-state index in [-0.39, 0.29) is 5.92 Å². The first kappa shape index (κ1) is 13.1. The van der Waals surface area contributed by atoms with Crippen LogP contribution in [0.5, 0.6) is 0 Å². The van der Waals surface area contributed by atoms with E-state index in [1.165, 1.54) is 0 Å². The maximum atomic E-state index is 9.76. The second-order valence-electron chi connectivity index (χ2n) is 4.51. The molecule has 0 amide bonds. The van der Waals surface area contributed by atoms with Gasteiger partial charge in [0.1, 0.15) is 0 Å². The Kier molecular flexibility index (Phi) is 3.99. The lowest BCUT2D eigenvalue weighted by atomic mass is 10.0. The van der Waals surface area contributed by atoms with Crippen LogP contribution in [0.2, 0.25) is 5.02 Å². The van der Waals surface area contributed by atoms with Crippen LogP contribution in [0, 0.1) is 5.92 Å². The van der Waals surface area contributed by atoms with Crippen LogP contribution in [0.25, 0.3) is 11.4 Å². The third-order valence-electron chi connectivity index (χ3n) is 2.74. The Morgan fingerprint density at radius 1 is 1.33 bits per heavy atom. The van der Waals surface area contributed by atoms with E-state index in [0.29, 0.717) is 23.2 Å². The zero-order chi connectivity index (χ0) is 13.1. The highest BCUT2D eigenvalue weighted by Gasteiger charge is 2.16. The zero-order valence-corrected chi connectivity index (χ0v) is 11.1. The summed E-state index contributed by atoms with van der Waals surface area (Å²) < 4.78 is 5.12. The number of aliphatic hydroxyl groups is 1. The van der Waals surface area contributed by atoms with Crippen molar-refractivity contribution in [1.82, 2.24) is 10.1 Å². The Morgan fingerprint density at radius 2 is 2.06 bits per heavy atom. The average molecular weight is 267 g/mol. The van der Waals surface area contributed by atoms with Gasteiger partial charge in [-0.05, 0) is 18.1 Å². The quantitative estimate of drug-likeness (QED) is 0.924. The summed E-state index contributed by atoms with van der Waals surface area (Å²) in [4.78, 5) is 4.24. The maximum absolute atomic E-state index is 9.76. The Bertz CT molecular complexity index is 525. The van der Waals surface area contributed by atoms with Gasteiger partial charge in [-0.2, -0.15) is 4.98 Å². The molecule has 4 nitrogen and oxygen atoms in total. The van der Waals surface area contributed by atoms with Gasteiger partial charge in [-0.15, -0.1) is 0 Å². The van der Waals surface area contributed by atoms with E-state index in [9.17, 15) is 5.11 Å². The minimum atomic E-state index is -0.482. The Hall–Kier alpha value is -1.39. The fraction of sp³-hybridized carbons (Fsp3) is 0.385. The molecule has 0 radical (unpaired) electrons. The van der Waals surface area contributed by atoms with Gasteiger partial charge in [0, 0.05) is 5.56 Å². The molecule has 1 atom stereocenters. The number of aliphatic hydroxyl groups excluding tert-OH is 1. The number of nitrogens with zero attached hydrogens (tertiary/aromatic N) is 2. The minimum absolute atomic E-state index is 0.153. The van der Waals surface area contributed by atoms with Crippen molar-refractivity contribution in [2.45, 2.75) is 26.4 Å². The predicted molar refractivity (Wildman–Crippen MR) is 69.3 cm³/mol. The van der Waals surface area contributed by atoms with E-state index in [1.807, 2.05) is 32.0 Å². The fourth-order valence-electron chi connectivity index (χ4n) is 1.50. The molecule has 0 fully saturated rings. The van der Waals surface area contributed by atoms with Crippen LogP contribution >= 0.6 is 11.6 Å². The molecule has 96 valence electrons. The van der Waals surface area contributed by atoms with Crippen molar-refractivity contribution in [2.75, 3.05) is 0 Å². The predicted octanol–water partition coefficient (Wildman–Crippen LogP) is 2.95. The van der Waals surface area contributed by atoms with Crippen LogP contribution in [0.15, 0.2) is 28.8 Å². The van der Waals surface area contributed by atoms with Crippen molar-refractivity contribution in [2.24, 2.45) is 5.92 Å². The molecule has 0 aliphatic rings. The summed E-state index contributed by atoms with van der Waals surface area (Å²) in [6, 6.07) is 7.31. The van der Waals surface area contributed by atoms with Crippen molar-refractivity contribution < 1.29 is 9.63 Å². The lowest BCUT2D eigenvalue weighted by Gasteiger charge is -2.10. The Morgan fingerprint density at radius 3 is 2.72 bits per heavy atom. The largest absolute Gasteiger partial charge is 0.392 e. The molecule has 0 saturated heterocycles. The first-order valence-corrected chi connectivity index (χ1v) is 6.21. The van der Waals surface area contributed by atoms with Gasteiger partial charge in [-0.3, -0.25) is 0 Å². The van der Waals surface area contributed by atoms with Gasteiger partial charge in [0.05, 0.1) is 17.5 Å². The van der Waals surface area contributed by atoms with E-state index < -0.39 is 6.10 Å². The van der Waals surface area contributed by atoms with Gasteiger partial charge in [0.25, 0.3) is 0 Å². The molecular weight excluding hydrogens is 252 g/mol. The summed E-state index contributed by atoms with van der Waals surface area (Å²) in [7, 11) is 0. The molecule has 1 aromatic heterocycles. The normalized spacial score (nSPS) is 12.9. The van der Waals surface area contributed by atoms with Crippen LogP contribution in [0.1, 0.15) is 19.7 Å². The molecule has 2 rings (SSSR count). The molecule has 1 unspecified atom stereocenters. The third-order valence-corrected chi connectivity index (χ3v) is 3.07. The topological polar surface area (TPSA) is 59.2 Å². The number of benzene rings is 1. The van der Waals surface area contributed by atoms with Gasteiger partial charge in [-0.1, -0.05) is 42.7 Å². The first-order chi connectivity index (χ1) is 8.58. The molecule has 0 saturated carbocycles. The summed E-state index contributed by atoms with van der Waals surface area (Å²) in [6.07, 6.45) is -0.126. The summed E-state index contributed by atoms with van der Waals surface area (Å²) in [5, 5.41) is 14.2. The molecule has 18 heavy (non-hydrogen) atoms. The molecule has 0 bridgehead atoms. The number of hydrogen-bond acceptors (Lipinski definition) is 4. The summed E-state index contributed by atoms with van der Waals surface area (Å²) in [5.74, 6) is 1.03. The van der Waals surface area contributed by atoms with Crippen molar-refractivity contribution in [1.29, 1.82) is 0 Å². The molecule has 0 spiro atoms. The highest BCUT2D eigenvalue weighted by atomic mass is 35.5. The molecule has 1 heterocycles. The molecule has 1 N–H and O–H groups in total. The van der Waals surface area contributed by atoms with Gasteiger partial charge < -0.3 is 9.63 Å². The molecule has 0 aliphatic carbocycles. The van der Waals surface area contributed by atoms with Crippen LogP contribution in [-0.2, 0) is 6.42 Å². The fourth-order valence-corrected chi connectivity index (χ4v) is 1.72. The maximum Gasteiger partial charge on any atom is 0.229 e. The van der Waals surface area contributed by atoms with Crippen LogP contribution < -0.4 is 0 Å². The second kappa shape index (κ2) is 5.50. The van der Waals surface area contributed by atoms with Crippen molar-refractivity contribution >= 4 is 11.6 Å². The van der Waals surface area contributed by atoms with Crippen molar-refractivity contribution in [3.05, 3.63) is 35.2 Å². The number of rotatable bonds is 4. The van der Waals surface area contributed by atoms with Gasteiger partial charge in [-0.25, -0.2) is 0 Å². The van der Waals surface area contributed by atoms with Crippen LogP contribution in [0.4, 0.5) is 0 Å². The van der Waals surface area contributed by atoms with E-state index >= 15 is 0 Å². The molecule has 2 aromatic rings. The number of hydrogen-bond donors (Lipinski definition) is 1. The number of halogens is 1. The van der Waals surface area contributed by atoms with Crippen LogP contribution in [0.3, 0.4) is 0 Å². The first-order valence-electron chi connectivity index (χ1n) is 5.83. The molecule has 0 aliphatic heterocycles. The molecular formula is C13H15ClN2O2. The van der Waals surface area contributed by atoms with Crippen molar-refractivity contribution in [3.63, 3.8) is 0 Å². The zero-order valence-electron chi connectivity index (χ0n) is 10.3. The van der Waals surface area contributed by atoms with Gasteiger partial charge in [0.15, 0.2) is 0 Å². The van der Waals surface area contributed by atoms with E-state index in [2.05, 4.69) is 10.1 Å². The highest BCUT2D eigenvalue weighted by molar-refractivity contribution is 6.33. The lowest BCUT2D eigenvalue weighted by molar-refractivity contribution is 0.116. The van der Waals surface area contributed by atoms with E-state index in [1.54, 1.807) is 6.07 Å².